The molecule has 0 aliphatic carbocycles. The molecule has 3 aromatic rings. The molecule has 0 fully saturated rings. The van der Waals surface area contributed by atoms with Crippen LogP contribution in [0.2, 0.25) is 0 Å². The fourth-order valence-electron chi connectivity index (χ4n) is 2.37. The van der Waals surface area contributed by atoms with E-state index in [4.69, 9.17) is 11.5 Å². The van der Waals surface area contributed by atoms with Crippen LogP contribution in [0.3, 0.4) is 0 Å². The first-order valence-corrected chi connectivity index (χ1v) is 5.89. The Morgan fingerprint density at radius 1 is 0.722 bits per heavy atom. The highest BCUT2D eigenvalue weighted by Crippen LogP contribution is 2.28. The maximum atomic E-state index is 5.57. The van der Waals surface area contributed by atoms with E-state index in [1.807, 2.05) is 12.1 Å². The molecule has 0 atom stereocenters. The van der Waals surface area contributed by atoms with Crippen molar-refractivity contribution in [3.8, 4) is 0 Å². The number of benzene rings is 3. The van der Waals surface area contributed by atoms with E-state index in [0.29, 0.717) is 5.82 Å². The molecule has 0 aliphatic rings. The molecule has 2 heteroatoms. The second-order valence-electron chi connectivity index (χ2n) is 4.37. The summed E-state index contributed by atoms with van der Waals surface area (Å²) in [6.45, 7) is 0. The van der Waals surface area contributed by atoms with Gasteiger partial charge in [-0.3, -0.25) is 0 Å². The van der Waals surface area contributed by atoms with E-state index < -0.39 is 0 Å². The lowest BCUT2D eigenvalue weighted by Gasteiger charge is -2.06. The average molecular weight is 234 g/mol. The Hall–Kier alpha value is -2.48. The van der Waals surface area contributed by atoms with Crippen LogP contribution in [0.5, 0.6) is 0 Å². The number of nitrogens with two attached hydrogens (primary N) is 2. The van der Waals surface area contributed by atoms with Crippen LogP contribution in [0.25, 0.3) is 27.6 Å². The third-order valence-electron chi connectivity index (χ3n) is 3.14. The molecule has 88 valence electrons. The van der Waals surface area contributed by atoms with Crippen LogP contribution < -0.4 is 11.5 Å². The molecule has 0 aromatic heterocycles. The standard InChI is InChI=1S/C16H14N2/c17-16(18)10-12-5-3-7-15-13-6-2-1-4-11(13)8-9-14(12)15/h1-10H,17-18H2. The molecule has 0 spiro atoms. The fraction of sp³-hybridized carbons (Fsp3) is 0. The average Bonchev–Trinajstić information content (AvgIpc) is 2.38. The van der Waals surface area contributed by atoms with Crippen LogP contribution in [0.1, 0.15) is 5.56 Å². The molecular weight excluding hydrogens is 220 g/mol. The van der Waals surface area contributed by atoms with Gasteiger partial charge >= 0.3 is 0 Å². The molecule has 0 radical (unpaired) electrons. The summed E-state index contributed by atoms with van der Waals surface area (Å²) in [6, 6.07) is 18.8. The minimum atomic E-state index is 0.329. The first kappa shape index (κ1) is 10.7. The van der Waals surface area contributed by atoms with Crippen LogP contribution in [0, 0.1) is 0 Å². The third kappa shape index (κ3) is 1.68. The number of hydrogen-bond donors (Lipinski definition) is 2. The van der Waals surface area contributed by atoms with Gasteiger partial charge in [-0.05, 0) is 33.2 Å². The summed E-state index contributed by atoms with van der Waals surface area (Å²) < 4.78 is 0. The summed E-state index contributed by atoms with van der Waals surface area (Å²) in [5, 5.41) is 4.89. The normalized spacial score (nSPS) is 10.7. The van der Waals surface area contributed by atoms with Gasteiger partial charge < -0.3 is 11.5 Å². The molecule has 18 heavy (non-hydrogen) atoms. The molecule has 3 aromatic carbocycles. The van der Waals surface area contributed by atoms with E-state index in [-0.39, 0.29) is 0 Å². The van der Waals surface area contributed by atoms with Gasteiger partial charge in [0, 0.05) is 0 Å². The summed E-state index contributed by atoms with van der Waals surface area (Å²) in [7, 11) is 0. The van der Waals surface area contributed by atoms with Crippen molar-refractivity contribution >= 4 is 27.6 Å². The largest absolute Gasteiger partial charge is 0.386 e. The van der Waals surface area contributed by atoms with E-state index in [0.717, 1.165) is 5.56 Å². The van der Waals surface area contributed by atoms with Gasteiger partial charge in [0.1, 0.15) is 0 Å². The zero-order chi connectivity index (χ0) is 12.5. The van der Waals surface area contributed by atoms with Gasteiger partial charge in [0.15, 0.2) is 0 Å². The lowest BCUT2D eigenvalue weighted by atomic mass is 9.98. The lowest BCUT2D eigenvalue weighted by molar-refractivity contribution is 1.28. The zero-order valence-electron chi connectivity index (χ0n) is 9.93. The summed E-state index contributed by atoms with van der Waals surface area (Å²) in [4.78, 5) is 0. The second kappa shape index (κ2) is 4.08. The van der Waals surface area contributed by atoms with E-state index in [9.17, 15) is 0 Å². The van der Waals surface area contributed by atoms with E-state index in [1.54, 1.807) is 6.08 Å². The quantitative estimate of drug-likeness (QED) is 0.635. The van der Waals surface area contributed by atoms with Crippen molar-refractivity contribution in [1.82, 2.24) is 0 Å². The Morgan fingerprint density at radius 2 is 1.50 bits per heavy atom. The molecule has 0 saturated heterocycles. The van der Waals surface area contributed by atoms with E-state index in [1.165, 1.54) is 21.5 Å². The van der Waals surface area contributed by atoms with Crippen LogP contribution >= 0.6 is 0 Å². The smallest absolute Gasteiger partial charge is 0.0939 e. The molecule has 4 N–H and O–H groups in total. The molecule has 0 aliphatic heterocycles. The highest BCUT2D eigenvalue weighted by Gasteiger charge is 2.02. The van der Waals surface area contributed by atoms with Crippen molar-refractivity contribution < 1.29 is 0 Å². The summed E-state index contributed by atoms with van der Waals surface area (Å²) in [5.74, 6) is 0.329. The zero-order valence-corrected chi connectivity index (χ0v) is 9.93. The van der Waals surface area contributed by atoms with Gasteiger partial charge in [-0.2, -0.15) is 0 Å². The van der Waals surface area contributed by atoms with Gasteiger partial charge in [-0.1, -0.05) is 54.6 Å². The van der Waals surface area contributed by atoms with Crippen LogP contribution in [-0.4, -0.2) is 0 Å². The second-order valence-corrected chi connectivity index (χ2v) is 4.37. The molecule has 0 saturated carbocycles. The van der Waals surface area contributed by atoms with Crippen molar-refractivity contribution in [3.05, 3.63) is 66.0 Å². The predicted octanol–water partition coefficient (Wildman–Crippen LogP) is 3.21. The van der Waals surface area contributed by atoms with Gasteiger partial charge in [-0.25, -0.2) is 0 Å². The number of hydrogen-bond acceptors (Lipinski definition) is 2. The molecule has 0 unspecified atom stereocenters. The minimum absolute atomic E-state index is 0.329. The van der Waals surface area contributed by atoms with E-state index >= 15 is 0 Å². The number of rotatable bonds is 1. The third-order valence-corrected chi connectivity index (χ3v) is 3.14. The SMILES string of the molecule is NC(N)=Cc1cccc2c1ccc1ccccc12. The minimum Gasteiger partial charge on any atom is -0.386 e. The maximum Gasteiger partial charge on any atom is 0.0939 e. The Labute approximate surface area is 106 Å². The predicted molar refractivity (Wildman–Crippen MR) is 77.8 cm³/mol. The summed E-state index contributed by atoms with van der Waals surface area (Å²) in [6.07, 6.45) is 1.80. The Morgan fingerprint density at radius 3 is 2.33 bits per heavy atom. The Balaban J connectivity index is 2.43. The molecule has 2 nitrogen and oxygen atoms in total. The maximum absolute atomic E-state index is 5.57. The van der Waals surface area contributed by atoms with Crippen molar-refractivity contribution in [1.29, 1.82) is 0 Å². The molecule has 0 amide bonds. The Bertz CT molecular complexity index is 753. The molecule has 3 rings (SSSR count). The van der Waals surface area contributed by atoms with Crippen LogP contribution in [-0.2, 0) is 0 Å². The number of fused-ring (bicyclic) bond motifs is 3. The van der Waals surface area contributed by atoms with Gasteiger partial charge in [-0.15, -0.1) is 0 Å². The molecule has 0 bridgehead atoms. The fourth-order valence-corrected chi connectivity index (χ4v) is 2.37. The van der Waals surface area contributed by atoms with Gasteiger partial charge in [0.25, 0.3) is 0 Å². The summed E-state index contributed by atoms with van der Waals surface area (Å²) >= 11 is 0. The van der Waals surface area contributed by atoms with Crippen molar-refractivity contribution in [2.75, 3.05) is 0 Å². The highest BCUT2D eigenvalue weighted by molar-refractivity contribution is 6.09. The lowest BCUT2D eigenvalue weighted by Crippen LogP contribution is -2.06. The first-order valence-electron chi connectivity index (χ1n) is 5.89. The van der Waals surface area contributed by atoms with Crippen molar-refractivity contribution in [2.24, 2.45) is 11.5 Å². The monoisotopic (exact) mass is 234 g/mol. The summed E-state index contributed by atoms with van der Waals surface area (Å²) in [5.41, 5.74) is 12.2. The van der Waals surface area contributed by atoms with Crippen molar-refractivity contribution in [2.45, 2.75) is 0 Å². The van der Waals surface area contributed by atoms with Gasteiger partial charge in [0.05, 0.1) is 5.82 Å². The van der Waals surface area contributed by atoms with E-state index in [2.05, 4.69) is 42.5 Å². The van der Waals surface area contributed by atoms with Crippen LogP contribution in [0.4, 0.5) is 0 Å². The topological polar surface area (TPSA) is 52.0 Å². The van der Waals surface area contributed by atoms with Crippen LogP contribution in [0.15, 0.2) is 60.4 Å². The van der Waals surface area contributed by atoms with Crippen molar-refractivity contribution in [3.63, 3.8) is 0 Å². The highest BCUT2D eigenvalue weighted by atomic mass is 14.8. The molecule has 0 heterocycles. The first-order chi connectivity index (χ1) is 8.75. The molecular formula is C16H14N2. The van der Waals surface area contributed by atoms with Gasteiger partial charge in [0.2, 0.25) is 0 Å². The Kier molecular flexibility index (Phi) is 2.41.